The Labute approximate surface area is 169 Å². The van der Waals surface area contributed by atoms with Crippen molar-refractivity contribution in [3.8, 4) is 11.5 Å². The second kappa shape index (κ2) is 9.23. The molecule has 1 aliphatic heterocycles. The van der Waals surface area contributed by atoms with Crippen LogP contribution in [0.4, 0.5) is 4.39 Å². The van der Waals surface area contributed by atoms with Crippen molar-refractivity contribution >= 4 is 17.9 Å². The van der Waals surface area contributed by atoms with Gasteiger partial charge >= 0.3 is 0 Å². The van der Waals surface area contributed by atoms with Crippen molar-refractivity contribution in [3.63, 3.8) is 0 Å². The Balaban J connectivity index is 1.58. The Kier molecular flexibility index (Phi) is 6.49. The Morgan fingerprint density at radius 1 is 0.931 bits per heavy atom. The Bertz CT molecular complexity index is 921. The van der Waals surface area contributed by atoms with Crippen molar-refractivity contribution in [2.24, 2.45) is 0 Å². The Morgan fingerprint density at radius 3 is 2.28 bits per heavy atom. The fourth-order valence-electron chi connectivity index (χ4n) is 3.16. The first-order chi connectivity index (χ1) is 14.0. The molecule has 2 aromatic carbocycles. The topological polar surface area (TPSA) is 59.1 Å². The predicted octanol–water partition coefficient (Wildman–Crippen LogP) is 2.84. The van der Waals surface area contributed by atoms with E-state index in [2.05, 4.69) is 0 Å². The summed E-state index contributed by atoms with van der Waals surface area (Å²) in [7, 11) is 3.06. The highest BCUT2D eigenvalue weighted by atomic mass is 19.1. The molecule has 1 fully saturated rings. The van der Waals surface area contributed by atoms with Crippen molar-refractivity contribution in [2.75, 3.05) is 40.4 Å². The second-order valence-electron chi connectivity index (χ2n) is 6.58. The number of rotatable bonds is 5. The third-order valence-electron chi connectivity index (χ3n) is 4.78. The van der Waals surface area contributed by atoms with E-state index < -0.39 is 0 Å². The molecule has 0 aliphatic carbocycles. The fourth-order valence-corrected chi connectivity index (χ4v) is 3.16. The molecule has 0 N–H and O–H groups in total. The van der Waals surface area contributed by atoms with E-state index in [9.17, 15) is 14.0 Å². The van der Waals surface area contributed by atoms with Crippen LogP contribution in [0.3, 0.4) is 0 Å². The van der Waals surface area contributed by atoms with E-state index in [0.717, 1.165) is 0 Å². The number of halogens is 1. The number of benzene rings is 2. The van der Waals surface area contributed by atoms with Crippen LogP contribution in [0.2, 0.25) is 0 Å². The summed E-state index contributed by atoms with van der Waals surface area (Å²) in [6.07, 6.45) is 3.02. The first kappa shape index (κ1) is 20.4. The average Bonchev–Trinajstić information content (AvgIpc) is 2.76. The minimum absolute atomic E-state index is 0.117. The van der Waals surface area contributed by atoms with Crippen LogP contribution >= 0.6 is 0 Å². The molecule has 0 aromatic heterocycles. The zero-order valence-corrected chi connectivity index (χ0v) is 16.4. The molecule has 2 amide bonds. The van der Waals surface area contributed by atoms with Gasteiger partial charge < -0.3 is 19.3 Å². The summed E-state index contributed by atoms with van der Waals surface area (Å²) in [5.41, 5.74) is 1.13. The molecular weight excluding hydrogens is 375 g/mol. The van der Waals surface area contributed by atoms with E-state index >= 15 is 0 Å². The number of ether oxygens (including phenoxy) is 2. The number of amides is 2. The van der Waals surface area contributed by atoms with Crippen molar-refractivity contribution in [1.82, 2.24) is 9.80 Å². The molecule has 2 aromatic rings. The largest absolute Gasteiger partial charge is 0.493 e. The lowest BCUT2D eigenvalue weighted by Crippen LogP contribution is -2.50. The second-order valence-corrected chi connectivity index (χ2v) is 6.58. The smallest absolute Gasteiger partial charge is 0.254 e. The van der Waals surface area contributed by atoms with Gasteiger partial charge in [0, 0.05) is 37.8 Å². The van der Waals surface area contributed by atoms with Gasteiger partial charge in [-0.25, -0.2) is 4.39 Å². The lowest BCUT2D eigenvalue weighted by atomic mass is 10.1. The lowest BCUT2D eigenvalue weighted by Gasteiger charge is -2.34. The summed E-state index contributed by atoms with van der Waals surface area (Å²) in [6, 6.07) is 11.1. The summed E-state index contributed by atoms with van der Waals surface area (Å²) < 4.78 is 23.7. The highest BCUT2D eigenvalue weighted by Gasteiger charge is 2.24. The Morgan fingerprint density at radius 2 is 1.62 bits per heavy atom. The number of hydrogen-bond donors (Lipinski definition) is 0. The molecule has 0 unspecified atom stereocenters. The van der Waals surface area contributed by atoms with E-state index in [1.165, 1.54) is 32.4 Å². The van der Waals surface area contributed by atoms with Crippen molar-refractivity contribution in [1.29, 1.82) is 0 Å². The number of carbonyl (C=O) groups is 2. The van der Waals surface area contributed by atoms with Crippen LogP contribution in [-0.4, -0.2) is 62.0 Å². The van der Waals surface area contributed by atoms with Crippen LogP contribution in [0.5, 0.6) is 11.5 Å². The minimum atomic E-state index is -0.345. The zero-order chi connectivity index (χ0) is 20.8. The van der Waals surface area contributed by atoms with Gasteiger partial charge in [-0.3, -0.25) is 9.59 Å². The molecule has 0 radical (unpaired) electrons. The molecule has 1 aliphatic rings. The van der Waals surface area contributed by atoms with Crippen molar-refractivity contribution < 1.29 is 23.5 Å². The van der Waals surface area contributed by atoms with Crippen LogP contribution in [0.25, 0.3) is 6.08 Å². The van der Waals surface area contributed by atoms with Gasteiger partial charge in [0.25, 0.3) is 5.91 Å². The summed E-state index contributed by atoms with van der Waals surface area (Å²) in [6.45, 7) is 1.75. The fraction of sp³-hybridized carbons (Fsp3) is 0.273. The zero-order valence-electron chi connectivity index (χ0n) is 16.4. The highest BCUT2D eigenvalue weighted by Crippen LogP contribution is 2.28. The van der Waals surface area contributed by atoms with Gasteiger partial charge in [0.1, 0.15) is 5.82 Å². The summed E-state index contributed by atoms with van der Waals surface area (Å²) in [4.78, 5) is 28.5. The summed E-state index contributed by atoms with van der Waals surface area (Å²) in [5, 5.41) is 0. The van der Waals surface area contributed by atoms with E-state index in [4.69, 9.17) is 9.47 Å². The molecule has 0 saturated carbocycles. The van der Waals surface area contributed by atoms with Crippen LogP contribution in [0.15, 0.2) is 48.5 Å². The predicted molar refractivity (Wildman–Crippen MR) is 107 cm³/mol. The van der Waals surface area contributed by atoms with Gasteiger partial charge in [-0.1, -0.05) is 12.1 Å². The highest BCUT2D eigenvalue weighted by molar-refractivity contribution is 5.95. The third-order valence-corrected chi connectivity index (χ3v) is 4.78. The van der Waals surface area contributed by atoms with Gasteiger partial charge in [-0.15, -0.1) is 0 Å². The molecule has 6 nitrogen and oxygen atoms in total. The minimum Gasteiger partial charge on any atom is -0.493 e. The first-order valence-electron chi connectivity index (χ1n) is 9.25. The quantitative estimate of drug-likeness (QED) is 0.727. The van der Waals surface area contributed by atoms with Gasteiger partial charge in [-0.2, -0.15) is 0 Å². The number of carbonyl (C=O) groups excluding carboxylic acids is 2. The maximum absolute atomic E-state index is 13.2. The molecule has 152 valence electrons. The van der Waals surface area contributed by atoms with Gasteiger partial charge in [0.05, 0.1) is 14.2 Å². The SMILES string of the molecule is COc1ccc(C(=O)N2CCN(C(=O)/C=C/c3cccc(F)c3)CC2)cc1OC. The van der Waals surface area contributed by atoms with Crippen LogP contribution in [-0.2, 0) is 4.79 Å². The van der Waals surface area contributed by atoms with Gasteiger partial charge in [0.2, 0.25) is 5.91 Å². The lowest BCUT2D eigenvalue weighted by molar-refractivity contribution is -0.127. The van der Waals surface area contributed by atoms with E-state index in [1.807, 2.05) is 0 Å². The number of hydrogen-bond acceptors (Lipinski definition) is 4. The normalized spacial score (nSPS) is 14.2. The monoisotopic (exact) mass is 398 g/mol. The molecule has 29 heavy (non-hydrogen) atoms. The molecule has 0 atom stereocenters. The number of methoxy groups -OCH3 is 2. The number of nitrogens with zero attached hydrogens (tertiary/aromatic N) is 2. The third kappa shape index (κ3) is 4.93. The summed E-state index contributed by atoms with van der Waals surface area (Å²) in [5.74, 6) is 0.432. The molecular formula is C22H23FN2O4. The maximum Gasteiger partial charge on any atom is 0.254 e. The molecule has 0 bridgehead atoms. The molecule has 3 rings (SSSR count). The van der Waals surface area contributed by atoms with Crippen LogP contribution in [0, 0.1) is 5.82 Å². The van der Waals surface area contributed by atoms with Crippen molar-refractivity contribution in [2.45, 2.75) is 0 Å². The van der Waals surface area contributed by atoms with E-state index in [0.29, 0.717) is 48.8 Å². The number of piperazine rings is 1. The standard InChI is InChI=1S/C22H23FN2O4/c1-28-19-8-7-17(15-20(19)29-2)22(27)25-12-10-24(11-13-25)21(26)9-6-16-4-3-5-18(23)14-16/h3-9,14-15H,10-13H2,1-2H3/b9-6+. The van der Waals surface area contributed by atoms with Gasteiger partial charge in [-0.05, 0) is 42.0 Å². The Hall–Kier alpha value is -3.35. The van der Waals surface area contributed by atoms with Crippen molar-refractivity contribution in [3.05, 3.63) is 65.5 Å². The van der Waals surface area contributed by atoms with E-state index in [1.54, 1.807) is 46.2 Å². The van der Waals surface area contributed by atoms with E-state index in [-0.39, 0.29) is 17.6 Å². The molecule has 1 saturated heterocycles. The average molecular weight is 398 g/mol. The molecule has 1 heterocycles. The molecule has 7 heteroatoms. The van der Waals surface area contributed by atoms with Crippen LogP contribution in [0.1, 0.15) is 15.9 Å². The first-order valence-corrected chi connectivity index (χ1v) is 9.25. The maximum atomic E-state index is 13.2. The van der Waals surface area contributed by atoms with Crippen LogP contribution < -0.4 is 9.47 Å². The summed E-state index contributed by atoms with van der Waals surface area (Å²) >= 11 is 0. The molecule has 0 spiro atoms. The van der Waals surface area contributed by atoms with Gasteiger partial charge in [0.15, 0.2) is 11.5 Å².